The molecule has 2 nitrogen and oxygen atoms in total. The van der Waals surface area contributed by atoms with Crippen molar-refractivity contribution in [2.45, 2.75) is 39.4 Å². The lowest BCUT2D eigenvalue weighted by Gasteiger charge is -2.33. The Kier molecular flexibility index (Phi) is 4.99. The number of ether oxygens (including phenoxy) is 1. The van der Waals surface area contributed by atoms with Crippen molar-refractivity contribution in [1.82, 2.24) is 0 Å². The molecule has 2 atom stereocenters. The molecule has 1 aromatic carbocycles. The van der Waals surface area contributed by atoms with Crippen molar-refractivity contribution in [1.29, 1.82) is 0 Å². The molecule has 0 amide bonds. The number of halogens is 1. The Morgan fingerprint density at radius 1 is 1.35 bits per heavy atom. The molecule has 0 heterocycles. The van der Waals surface area contributed by atoms with Crippen molar-refractivity contribution in [3.05, 3.63) is 34.9 Å². The van der Waals surface area contributed by atoms with Gasteiger partial charge in [-0.05, 0) is 23.1 Å². The molecule has 0 spiro atoms. The molecule has 1 N–H and O–H groups in total. The smallest absolute Gasteiger partial charge is 0.0881 e. The van der Waals surface area contributed by atoms with E-state index in [-0.39, 0.29) is 11.5 Å². The van der Waals surface area contributed by atoms with Gasteiger partial charge in [0.1, 0.15) is 0 Å². The van der Waals surface area contributed by atoms with Crippen LogP contribution in [0.2, 0.25) is 5.02 Å². The van der Waals surface area contributed by atoms with Crippen molar-refractivity contribution in [3.8, 4) is 0 Å². The molecule has 2 unspecified atom stereocenters. The van der Waals surface area contributed by atoms with Crippen LogP contribution in [0.1, 0.15) is 26.3 Å². The second-order valence-electron chi connectivity index (χ2n) is 5.42. The highest BCUT2D eigenvalue weighted by Crippen LogP contribution is 2.26. The fourth-order valence-electron chi connectivity index (χ4n) is 2.10. The minimum absolute atomic E-state index is 0.0905. The topological polar surface area (TPSA) is 29.5 Å². The maximum Gasteiger partial charge on any atom is 0.0881 e. The summed E-state index contributed by atoms with van der Waals surface area (Å²) in [4.78, 5) is 0. The number of benzene rings is 1. The molecule has 0 saturated carbocycles. The number of aliphatic hydroxyl groups excluding tert-OH is 1. The SMILES string of the molecule is COC(C(O)Cc1cccc(Cl)c1)C(C)(C)C. The zero-order chi connectivity index (χ0) is 13.1. The number of hydrogen-bond acceptors (Lipinski definition) is 2. The van der Waals surface area contributed by atoms with Crippen LogP contribution in [0.4, 0.5) is 0 Å². The van der Waals surface area contributed by atoms with E-state index in [1.54, 1.807) is 7.11 Å². The third kappa shape index (κ3) is 4.30. The Labute approximate surface area is 109 Å². The highest BCUT2D eigenvalue weighted by atomic mass is 35.5. The Balaban J connectivity index is 2.74. The van der Waals surface area contributed by atoms with E-state index in [4.69, 9.17) is 16.3 Å². The average molecular weight is 257 g/mol. The van der Waals surface area contributed by atoms with Crippen LogP contribution in [0.15, 0.2) is 24.3 Å². The molecule has 0 aliphatic carbocycles. The van der Waals surface area contributed by atoms with Gasteiger partial charge in [0.2, 0.25) is 0 Å². The van der Waals surface area contributed by atoms with Gasteiger partial charge in [0.15, 0.2) is 0 Å². The molecule has 0 radical (unpaired) electrons. The molecule has 0 bridgehead atoms. The van der Waals surface area contributed by atoms with Crippen LogP contribution >= 0.6 is 11.6 Å². The van der Waals surface area contributed by atoms with Crippen LogP contribution < -0.4 is 0 Å². The van der Waals surface area contributed by atoms with E-state index >= 15 is 0 Å². The van der Waals surface area contributed by atoms with E-state index in [0.717, 1.165) is 5.56 Å². The molecule has 1 rings (SSSR count). The molecular weight excluding hydrogens is 236 g/mol. The maximum atomic E-state index is 10.2. The van der Waals surface area contributed by atoms with Crippen molar-refractivity contribution >= 4 is 11.6 Å². The van der Waals surface area contributed by atoms with Crippen molar-refractivity contribution < 1.29 is 9.84 Å². The van der Waals surface area contributed by atoms with Gasteiger partial charge in [0.25, 0.3) is 0 Å². The van der Waals surface area contributed by atoms with Gasteiger partial charge in [-0.15, -0.1) is 0 Å². The summed E-state index contributed by atoms with van der Waals surface area (Å²) in [5.41, 5.74) is 0.934. The molecule has 96 valence electrons. The first kappa shape index (κ1) is 14.5. The number of methoxy groups -OCH3 is 1. The van der Waals surface area contributed by atoms with E-state index in [2.05, 4.69) is 20.8 Å². The van der Waals surface area contributed by atoms with Crippen LogP contribution in [0.25, 0.3) is 0 Å². The molecule has 0 fully saturated rings. The lowest BCUT2D eigenvalue weighted by Crippen LogP contribution is -2.40. The summed E-state index contributed by atoms with van der Waals surface area (Å²) in [7, 11) is 1.64. The highest BCUT2D eigenvalue weighted by Gasteiger charge is 2.31. The molecule has 0 aliphatic heterocycles. The number of rotatable bonds is 4. The van der Waals surface area contributed by atoms with Gasteiger partial charge < -0.3 is 9.84 Å². The highest BCUT2D eigenvalue weighted by molar-refractivity contribution is 6.30. The number of aliphatic hydroxyl groups is 1. The van der Waals surface area contributed by atoms with Crippen LogP contribution in [-0.2, 0) is 11.2 Å². The van der Waals surface area contributed by atoms with E-state index in [0.29, 0.717) is 11.4 Å². The van der Waals surface area contributed by atoms with Crippen LogP contribution in [0.3, 0.4) is 0 Å². The summed E-state index contributed by atoms with van der Waals surface area (Å²) in [5.74, 6) is 0. The van der Waals surface area contributed by atoms with Gasteiger partial charge in [0.05, 0.1) is 12.2 Å². The Morgan fingerprint density at radius 3 is 2.47 bits per heavy atom. The second kappa shape index (κ2) is 5.85. The quantitative estimate of drug-likeness (QED) is 0.896. The van der Waals surface area contributed by atoms with Crippen LogP contribution in [0, 0.1) is 5.41 Å². The lowest BCUT2D eigenvalue weighted by molar-refractivity contribution is -0.0699. The van der Waals surface area contributed by atoms with Crippen molar-refractivity contribution in [2.24, 2.45) is 5.41 Å². The van der Waals surface area contributed by atoms with E-state index in [9.17, 15) is 5.11 Å². The molecule has 1 aromatic rings. The molecule has 3 heteroatoms. The van der Waals surface area contributed by atoms with Gasteiger partial charge in [-0.25, -0.2) is 0 Å². The predicted molar refractivity (Wildman–Crippen MR) is 71.4 cm³/mol. The summed E-state index contributed by atoms with van der Waals surface area (Å²) in [6.07, 6.45) is -0.170. The summed E-state index contributed by atoms with van der Waals surface area (Å²) >= 11 is 5.92. The van der Waals surface area contributed by atoms with E-state index in [1.807, 2.05) is 24.3 Å². The van der Waals surface area contributed by atoms with Crippen molar-refractivity contribution in [3.63, 3.8) is 0 Å². The molecule has 17 heavy (non-hydrogen) atoms. The Bertz CT molecular complexity index is 357. The second-order valence-corrected chi connectivity index (χ2v) is 5.86. The van der Waals surface area contributed by atoms with Gasteiger partial charge in [-0.1, -0.05) is 44.5 Å². The third-order valence-corrected chi connectivity index (χ3v) is 3.03. The first-order chi connectivity index (χ1) is 7.84. The first-order valence-electron chi connectivity index (χ1n) is 5.80. The summed E-state index contributed by atoms with van der Waals surface area (Å²) in [5, 5.41) is 10.9. The van der Waals surface area contributed by atoms with E-state index < -0.39 is 6.10 Å². The van der Waals surface area contributed by atoms with E-state index in [1.165, 1.54) is 0 Å². The molecule has 0 aromatic heterocycles. The first-order valence-corrected chi connectivity index (χ1v) is 6.17. The van der Waals surface area contributed by atoms with Gasteiger partial charge in [-0.3, -0.25) is 0 Å². The Hall–Kier alpha value is -0.570. The lowest BCUT2D eigenvalue weighted by atomic mass is 9.84. The molecular formula is C14H21ClO2. The van der Waals surface area contributed by atoms with Crippen LogP contribution in [-0.4, -0.2) is 24.4 Å². The van der Waals surface area contributed by atoms with Gasteiger partial charge >= 0.3 is 0 Å². The fraction of sp³-hybridized carbons (Fsp3) is 0.571. The Morgan fingerprint density at radius 2 is 2.00 bits per heavy atom. The minimum Gasteiger partial charge on any atom is -0.390 e. The average Bonchev–Trinajstić information content (AvgIpc) is 2.15. The summed E-state index contributed by atoms with van der Waals surface area (Å²) in [6, 6.07) is 7.56. The summed E-state index contributed by atoms with van der Waals surface area (Å²) in [6.45, 7) is 6.17. The fourth-order valence-corrected chi connectivity index (χ4v) is 2.31. The third-order valence-electron chi connectivity index (χ3n) is 2.79. The molecule has 0 saturated heterocycles. The van der Waals surface area contributed by atoms with Gasteiger partial charge in [-0.2, -0.15) is 0 Å². The normalized spacial score (nSPS) is 15.6. The zero-order valence-electron chi connectivity index (χ0n) is 10.9. The zero-order valence-corrected chi connectivity index (χ0v) is 11.7. The standard InChI is InChI=1S/C14H21ClO2/c1-14(2,3)13(17-4)12(16)9-10-6-5-7-11(15)8-10/h5-8,12-13,16H,9H2,1-4H3. The van der Waals surface area contributed by atoms with Crippen LogP contribution in [0.5, 0.6) is 0 Å². The van der Waals surface area contributed by atoms with Gasteiger partial charge in [0, 0.05) is 18.6 Å². The largest absolute Gasteiger partial charge is 0.390 e. The summed E-state index contributed by atoms with van der Waals surface area (Å²) < 4.78 is 5.40. The predicted octanol–water partition coefficient (Wildman–Crippen LogP) is 3.30. The minimum atomic E-state index is -0.529. The number of hydrogen-bond donors (Lipinski definition) is 1. The van der Waals surface area contributed by atoms with Crippen molar-refractivity contribution in [2.75, 3.05) is 7.11 Å². The monoisotopic (exact) mass is 256 g/mol. The maximum absolute atomic E-state index is 10.2. The molecule has 0 aliphatic rings.